The molecule has 0 atom stereocenters. The highest BCUT2D eigenvalue weighted by atomic mass is 32.1. The second-order valence-electron chi connectivity index (χ2n) is 2.64. The maximum absolute atomic E-state index is 9.33. The second-order valence-corrected chi connectivity index (χ2v) is 3.09. The molecule has 1 rings (SSSR count). The molecule has 66 valence electrons. The predicted octanol–water partition coefficient (Wildman–Crippen LogP) is 1.96. The minimum atomic E-state index is 0.0992. The van der Waals surface area contributed by atoms with Crippen molar-refractivity contribution in [2.75, 3.05) is 5.75 Å². The van der Waals surface area contributed by atoms with Gasteiger partial charge in [0.05, 0.1) is 0 Å². The van der Waals surface area contributed by atoms with Crippen molar-refractivity contribution >= 4 is 12.6 Å². The van der Waals surface area contributed by atoms with E-state index in [4.69, 9.17) is 5.11 Å². The molecule has 1 aromatic carbocycles. The summed E-state index contributed by atoms with van der Waals surface area (Å²) in [6.07, 6.45) is 1.73. The van der Waals surface area contributed by atoms with Gasteiger partial charge in [0.1, 0.15) is 11.5 Å². The van der Waals surface area contributed by atoms with Gasteiger partial charge in [0.2, 0.25) is 0 Å². The van der Waals surface area contributed by atoms with Gasteiger partial charge in [-0.3, -0.25) is 0 Å². The molecule has 12 heavy (non-hydrogen) atoms. The monoisotopic (exact) mass is 184 g/mol. The summed E-state index contributed by atoms with van der Waals surface area (Å²) in [6, 6.07) is 4.66. The first-order valence-corrected chi connectivity index (χ1v) is 4.49. The summed E-state index contributed by atoms with van der Waals surface area (Å²) in [7, 11) is 0. The fourth-order valence-electron chi connectivity index (χ4n) is 1.03. The summed E-state index contributed by atoms with van der Waals surface area (Å²) in [4.78, 5) is 0. The van der Waals surface area contributed by atoms with E-state index >= 15 is 0 Å². The van der Waals surface area contributed by atoms with Crippen LogP contribution in [0.2, 0.25) is 0 Å². The number of rotatable bonds is 3. The van der Waals surface area contributed by atoms with E-state index in [1.54, 1.807) is 12.1 Å². The Morgan fingerprint density at radius 1 is 1.25 bits per heavy atom. The van der Waals surface area contributed by atoms with Gasteiger partial charge >= 0.3 is 0 Å². The molecule has 3 heteroatoms. The lowest BCUT2D eigenvalue weighted by molar-refractivity contribution is 0.445. The Morgan fingerprint density at radius 2 is 2.00 bits per heavy atom. The number of hydrogen-bond acceptors (Lipinski definition) is 3. The summed E-state index contributed by atoms with van der Waals surface area (Å²) in [5.41, 5.74) is 0.863. The van der Waals surface area contributed by atoms with Gasteiger partial charge in [0.15, 0.2) is 0 Å². The Bertz CT molecular complexity index is 261. The molecule has 0 radical (unpaired) electrons. The topological polar surface area (TPSA) is 40.5 Å². The third kappa shape index (κ3) is 2.34. The molecule has 0 aromatic heterocycles. The van der Waals surface area contributed by atoms with Crippen molar-refractivity contribution in [3.8, 4) is 11.5 Å². The molecule has 0 fully saturated rings. The van der Waals surface area contributed by atoms with E-state index in [-0.39, 0.29) is 11.5 Å². The zero-order valence-electron chi connectivity index (χ0n) is 6.70. The van der Waals surface area contributed by atoms with E-state index in [1.165, 1.54) is 6.07 Å². The number of aromatic hydroxyl groups is 2. The maximum Gasteiger partial charge on any atom is 0.122 e. The van der Waals surface area contributed by atoms with Crippen molar-refractivity contribution in [3.05, 3.63) is 23.8 Å². The highest BCUT2D eigenvalue weighted by Crippen LogP contribution is 2.23. The van der Waals surface area contributed by atoms with E-state index in [1.807, 2.05) is 0 Å². The van der Waals surface area contributed by atoms with Crippen LogP contribution in [0.15, 0.2) is 18.2 Å². The number of aryl methyl sites for hydroxylation is 1. The van der Waals surface area contributed by atoms with Gasteiger partial charge in [0.25, 0.3) is 0 Å². The molecule has 0 aliphatic rings. The van der Waals surface area contributed by atoms with Crippen LogP contribution in [-0.2, 0) is 6.42 Å². The van der Waals surface area contributed by atoms with Gasteiger partial charge in [-0.15, -0.1) is 0 Å². The minimum Gasteiger partial charge on any atom is -0.508 e. The molecule has 2 N–H and O–H groups in total. The zero-order valence-corrected chi connectivity index (χ0v) is 7.59. The third-order valence-corrected chi connectivity index (χ3v) is 1.99. The van der Waals surface area contributed by atoms with Crippen LogP contribution in [-0.4, -0.2) is 16.0 Å². The number of phenolic OH excluding ortho intramolecular Hbond substituents is 2. The predicted molar refractivity (Wildman–Crippen MR) is 51.9 cm³/mol. The number of phenols is 2. The SMILES string of the molecule is Oc1ccc(CCCS)c(O)c1. The average Bonchev–Trinajstić information content (AvgIpc) is 2.03. The Kier molecular flexibility index (Phi) is 3.29. The summed E-state index contributed by atoms with van der Waals surface area (Å²) in [5, 5.41) is 18.3. The van der Waals surface area contributed by atoms with E-state index in [0.717, 1.165) is 24.2 Å². The molecular weight excluding hydrogens is 172 g/mol. The van der Waals surface area contributed by atoms with Crippen LogP contribution in [0.4, 0.5) is 0 Å². The van der Waals surface area contributed by atoms with Crippen LogP contribution < -0.4 is 0 Å². The van der Waals surface area contributed by atoms with E-state index in [0.29, 0.717) is 0 Å². The largest absolute Gasteiger partial charge is 0.508 e. The molecule has 1 aromatic rings. The molecule has 0 heterocycles. The molecule has 0 spiro atoms. The summed E-state index contributed by atoms with van der Waals surface area (Å²) >= 11 is 4.07. The standard InChI is InChI=1S/C9H12O2S/c10-8-4-3-7(2-1-5-12)9(11)6-8/h3-4,6,10-12H,1-2,5H2. The van der Waals surface area contributed by atoms with Crippen LogP contribution in [0.5, 0.6) is 11.5 Å². The molecule has 0 saturated carbocycles. The van der Waals surface area contributed by atoms with Crippen molar-refractivity contribution < 1.29 is 10.2 Å². The van der Waals surface area contributed by atoms with Crippen LogP contribution in [0.3, 0.4) is 0 Å². The quantitative estimate of drug-likeness (QED) is 0.628. The third-order valence-electron chi connectivity index (χ3n) is 1.67. The van der Waals surface area contributed by atoms with Gasteiger partial charge in [-0.2, -0.15) is 12.6 Å². The van der Waals surface area contributed by atoms with Crippen molar-refractivity contribution in [3.63, 3.8) is 0 Å². The highest BCUT2D eigenvalue weighted by Gasteiger charge is 2.00. The lowest BCUT2D eigenvalue weighted by atomic mass is 10.1. The van der Waals surface area contributed by atoms with Crippen molar-refractivity contribution in [2.45, 2.75) is 12.8 Å². The molecule has 2 nitrogen and oxygen atoms in total. The fourth-order valence-corrected chi connectivity index (χ4v) is 1.19. The summed E-state index contributed by atoms with van der Waals surface area (Å²) < 4.78 is 0. The lowest BCUT2D eigenvalue weighted by Crippen LogP contribution is -1.86. The smallest absolute Gasteiger partial charge is 0.122 e. The average molecular weight is 184 g/mol. The Balaban J connectivity index is 2.72. The van der Waals surface area contributed by atoms with Gasteiger partial charge in [0, 0.05) is 6.07 Å². The Morgan fingerprint density at radius 3 is 2.58 bits per heavy atom. The van der Waals surface area contributed by atoms with Gasteiger partial charge in [-0.25, -0.2) is 0 Å². The van der Waals surface area contributed by atoms with Crippen molar-refractivity contribution in [1.82, 2.24) is 0 Å². The van der Waals surface area contributed by atoms with Crippen LogP contribution in [0.25, 0.3) is 0 Å². The van der Waals surface area contributed by atoms with Gasteiger partial charge < -0.3 is 10.2 Å². The van der Waals surface area contributed by atoms with Crippen LogP contribution in [0, 0.1) is 0 Å². The van der Waals surface area contributed by atoms with Crippen LogP contribution in [0.1, 0.15) is 12.0 Å². The summed E-state index contributed by atoms with van der Waals surface area (Å²) in [5.74, 6) is 1.07. The molecule has 0 unspecified atom stereocenters. The number of hydrogen-bond donors (Lipinski definition) is 3. The number of benzene rings is 1. The van der Waals surface area contributed by atoms with Crippen LogP contribution >= 0.6 is 12.6 Å². The molecule has 0 aliphatic heterocycles. The Hall–Kier alpha value is -0.830. The molecule has 0 bridgehead atoms. The van der Waals surface area contributed by atoms with E-state index < -0.39 is 0 Å². The molecule has 0 saturated heterocycles. The molecular formula is C9H12O2S. The minimum absolute atomic E-state index is 0.0992. The first-order chi connectivity index (χ1) is 5.74. The van der Waals surface area contributed by atoms with Crippen molar-refractivity contribution in [1.29, 1.82) is 0 Å². The van der Waals surface area contributed by atoms with Gasteiger partial charge in [-0.05, 0) is 30.2 Å². The normalized spacial score (nSPS) is 10.1. The van der Waals surface area contributed by atoms with E-state index in [9.17, 15) is 5.11 Å². The maximum atomic E-state index is 9.33. The lowest BCUT2D eigenvalue weighted by Gasteiger charge is -2.02. The zero-order chi connectivity index (χ0) is 8.97. The van der Waals surface area contributed by atoms with E-state index in [2.05, 4.69) is 12.6 Å². The van der Waals surface area contributed by atoms with Crippen molar-refractivity contribution in [2.24, 2.45) is 0 Å². The molecule has 0 amide bonds. The fraction of sp³-hybridized carbons (Fsp3) is 0.333. The van der Waals surface area contributed by atoms with Gasteiger partial charge in [-0.1, -0.05) is 6.07 Å². The Labute approximate surface area is 77.3 Å². The number of thiol groups is 1. The summed E-state index contributed by atoms with van der Waals surface area (Å²) in [6.45, 7) is 0. The highest BCUT2D eigenvalue weighted by molar-refractivity contribution is 7.80. The second kappa shape index (κ2) is 4.26. The molecule has 0 aliphatic carbocycles. The first-order valence-electron chi connectivity index (χ1n) is 3.86. The first kappa shape index (κ1) is 9.26.